The van der Waals surface area contributed by atoms with Gasteiger partial charge in [-0.1, -0.05) is 43.4 Å². The summed E-state index contributed by atoms with van der Waals surface area (Å²) < 4.78 is 40.6. The van der Waals surface area contributed by atoms with Gasteiger partial charge < -0.3 is 14.4 Å². The van der Waals surface area contributed by atoms with Crippen LogP contribution in [0.15, 0.2) is 71.6 Å². The monoisotopic (exact) mass is 630 g/mol. The molecular formula is C30H35ClN4O5S2. The summed E-state index contributed by atoms with van der Waals surface area (Å²) in [5, 5.41) is 0.567. The van der Waals surface area contributed by atoms with Crippen molar-refractivity contribution in [3.63, 3.8) is 0 Å². The summed E-state index contributed by atoms with van der Waals surface area (Å²) in [6.45, 7) is 10.1. The van der Waals surface area contributed by atoms with Gasteiger partial charge in [-0.15, -0.1) is 12.4 Å². The van der Waals surface area contributed by atoms with E-state index in [1.165, 1.54) is 27.8 Å². The first-order valence-corrected chi connectivity index (χ1v) is 16.0. The molecule has 0 atom stereocenters. The maximum Gasteiger partial charge on any atom is 0.264 e. The Morgan fingerprint density at radius 1 is 0.881 bits per heavy atom. The van der Waals surface area contributed by atoms with Crippen LogP contribution >= 0.6 is 23.7 Å². The Morgan fingerprint density at radius 3 is 2.14 bits per heavy atom. The van der Waals surface area contributed by atoms with Crippen LogP contribution in [0.3, 0.4) is 0 Å². The first-order chi connectivity index (χ1) is 19.8. The SMILES string of the molecule is CCN(CC)CCN(C(=O)c1ccc(S(=O)(=O)N(CC)c2ccccc2)cc1)c1nc2cc3c(cc2s1)OCCO3.Cl. The van der Waals surface area contributed by atoms with Gasteiger partial charge >= 0.3 is 0 Å². The largest absolute Gasteiger partial charge is 0.486 e. The summed E-state index contributed by atoms with van der Waals surface area (Å²) in [5.74, 6) is 1.08. The second-order valence-corrected chi connectivity index (χ2v) is 12.3. The van der Waals surface area contributed by atoms with Crippen molar-refractivity contribution in [3.8, 4) is 11.5 Å². The highest BCUT2D eigenvalue weighted by Crippen LogP contribution is 2.39. The molecule has 5 rings (SSSR count). The highest BCUT2D eigenvalue weighted by Gasteiger charge is 2.26. The maximum atomic E-state index is 13.9. The van der Waals surface area contributed by atoms with E-state index in [0.29, 0.717) is 54.2 Å². The number of thiazole rings is 1. The van der Waals surface area contributed by atoms with Gasteiger partial charge in [0.05, 0.1) is 20.8 Å². The predicted molar refractivity (Wildman–Crippen MR) is 170 cm³/mol. The minimum Gasteiger partial charge on any atom is -0.486 e. The van der Waals surface area contributed by atoms with Crippen LogP contribution < -0.4 is 18.7 Å². The van der Waals surface area contributed by atoms with E-state index in [9.17, 15) is 13.2 Å². The van der Waals surface area contributed by atoms with Gasteiger partial charge in [-0.3, -0.25) is 14.0 Å². The summed E-state index contributed by atoms with van der Waals surface area (Å²) in [6, 6.07) is 18.9. The molecule has 0 fully saturated rings. The number of rotatable bonds is 11. The lowest BCUT2D eigenvalue weighted by Crippen LogP contribution is -2.39. The molecule has 224 valence electrons. The van der Waals surface area contributed by atoms with E-state index in [4.69, 9.17) is 14.5 Å². The smallest absolute Gasteiger partial charge is 0.264 e. The van der Waals surface area contributed by atoms with Crippen molar-refractivity contribution < 1.29 is 22.7 Å². The fourth-order valence-corrected chi connectivity index (χ4v) is 7.25. The van der Waals surface area contributed by atoms with Gasteiger partial charge in [0.2, 0.25) is 0 Å². The summed E-state index contributed by atoms with van der Waals surface area (Å²) in [5.41, 5.74) is 1.71. The molecule has 4 aromatic rings. The minimum absolute atomic E-state index is 0. The first kappa shape index (κ1) is 31.6. The van der Waals surface area contributed by atoms with Crippen molar-refractivity contribution in [2.75, 3.05) is 55.1 Å². The van der Waals surface area contributed by atoms with Gasteiger partial charge in [0.15, 0.2) is 16.6 Å². The average Bonchev–Trinajstić information content (AvgIpc) is 3.41. The van der Waals surface area contributed by atoms with Crippen LogP contribution in [-0.2, 0) is 10.0 Å². The number of ether oxygens (including phenoxy) is 2. The molecule has 0 spiro atoms. The fourth-order valence-electron chi connectivity index (χ4n) is 4.77. The Bertz CT molecular complexity index is 1570. The number of hydrogen-bond acceptors (Lipinski definition) is 8. The number of nitrogens with zero attached hydrogens (tertiary/aromatic N) is 4. The number of sulfonamides is 1. The normalized spacial score (nSPS) is 12.7. The Hall–Kier alpha value is -3.38. The number of likely N-dealkylation sites (N-methyl/N-ethyl adjacent to an activating group) is 1. The number of halogens is 1. The van der Waals surface area contributed by atoms with Gasteiger partial charge in [0.25, 0.3) is 15.9 Å². The van der Waals surface area contributed by atoms with Crippen LogP contribution in [0.2, 0.25) is 0 Å². The number of anilines is 2. The van der Waals surface area contributed by atoms with Crippen LogP contribution in [0, 0.1) is 0 Å². The Labute approximate surface area is 257 Å². The molecule has 42 heavy (non-hydrogen) atoms. The van der Waals surface area contributed by atoms with E-state index in [0.717, 1.165) is 23.3 Å². The number of carbonyl (C=O) groups is 1. The molecule has 2 heterocycles. The van der Waals surface area contributed by atoms with Crippen LogP contribution in [-0.4, -0.2) is 70.1 Å². The molecular weight excluding hydrogens is 596 g/mol. The average molecular weight is 631 g/mol. The number of benzene rings is 3. The van der Waals surface area contributed by atoms with E-state index in [-0.39, 0.29) is 29.8 Å². The van der Waals surface area contributed by atoms with E-state index >= 15 is 0 Å². The zero-order valence-corrected chi connectivity index (χ0v) is 26.3. The van der Waals surface area contributed by atoms with Crippen molar-refractivity contribution in [2.24, 2.45) is 0 Å². The molecule has 0 N–H and O–H groups in total. The van der Waals surface area contributed by atoms with Gasteiger partial charge in [-0.2, -0.15) is 0 Å². The second-order valence-electron chi connectivity index (χ2n) is 9.47. The second kappa shape index (κ2) is 13.7. The third-order valence-corrected chi connectivity index (χ3v) is 10.0. The molecule has 0 aliphatic carbocycles. The molecule has 12 heteroatoms. The lowest BCUT2D eigenvalue weighted by Gasteiger charge is -2.25. The van der Waals surface area contributed by atoms with Gasteiger partial charge in [0, 0.05) is 37.3 Å². The zero-order chi connectivity index (χ0) is 29.0. The Balaban J connectivity index is 0.00000405. The number of amides is 1. The minimum atomic E-state index is -3.81. The topological polar surface area (TPSA) is 92.3 Å². The van der Waals surface area contributed by atoms with Crippen molar-refractivity contribution in [1.82, 2.24) is 9.88 Å². The molecule has 0 radical (unpaired) electrons. The van der Waals surface area contributed by atoms with Crippen molar-refractivity contribution in [1.29, 1.82) is 0 Å². The zero-order valence-electron chi connectivity index (χ0n) is 23.9. The van der Waals surface area contributed by atoms with Crippen LogP contribution in [0.1, 0.15) is 31.1 Å². The summed E-state index contributed by atoms with van der Waals surface area (Å²) in [7, 11) is -3.81. The lowest BCUT2D eigenvalue weighted by atomic mass is 10.2. The summed E-state index contributed by atoms with van der Waals surface area (Å²) in [4.78, 5) is 22.7. The number of para-hydroxylation sites is 1. The van der Waals surface area contributed by atoms with Gasteiger partial charge in [-0.25, -0.2) is 13.4 Å². The van der Waals surface area contributed by atoms with E-state index < -0.39 is 10.0 Å². The molecule has 1 amide bonds. The van der Waals surface area contributed by atoms with Crippen LogP contribution in [0.4, 0.5) is 10.8 Å². The van der Waals surface area contributed by atoms with E-state index in [1.807, 2.05) is 18.2 Å². The molecule has 1 aromatic heterocycles. The van der Waals surface area contributed by atoms with E-state index in [2.05, 4.69) is 18.7 Å². The first-order valence-electron chi connectivity index (χ1n) is 13.8. The molecule has 3 aromatic carbocycles. The number of fused-ring (bicyclic) bond motifs is 2. The van der Waals surface area contributed by atoms with Gasteiger partial charge in [-0.05, 0) is 56.4 Å². The van der Waals surface area contributed by atoms with Crippen LogP contribution in [0.25, 0.3) is 10.2 Å². The summed E-state index contributed by atoms with van der Waals surface area (Å²) >= 11 is 1.42. The predicted octanol–water partition coefficient (Wildman–Crippen LogP) is 5.69. The summed E-state index contributed by atoms with van der Waals surface area (Å²) in [6.07, 6.45) is 0. The Morgan fingerprint density at radius 2 is 1.52 bits per heavy atom. The third-order valence-electron chi connectivity index (χ3n) is 7.07. The third kappa shape index (κ3) is 6.49. The van der Waals surface area contributed by atoms with Crippen LogP contribution in [0.5, 0.6) is 11.5 Å². The molecule has 0 saturated carbocycles. The lowest BCUT2D eigenvalue weighted by molar-refractivity contribution is 0.0983. The molecule has 1 aliphatic heterocycles. The number of carbonyl (C=O) groups excluding carboxylic acids is 1. The number of aromatic nitrogens is 1. The van der Waals surface area contributed by atoms with Gasteiger partial charge in [0.1, 0.15) is 13.2 Å². The quantitative estimate of drug-likeness (QED) is 0.210. The molecule has 0 bridgehead atoms. The highest BCUT2D eigenvalue weighted by atomic mass is 35.5. The maximum absolute atomic E-state index is 13.9. The highest BCUT2D eigenvalue weighted by molar-refractivity contribution is 7.92. The molecule has 1 aliphatic rings. The standard InChI is InChI=1S/C30H34N4O5S2.ClH/c1-4-32(5-2)16-17-33(30-31-25-20-26-27(21-28(25)40-30)39-19-18-38-26)29(35)22-12-14-24(15-13-22)41(36,37)34(6-3)23-10-8-7-9-11-23;/h7-15,20-21H,4-6,16-19H2,1-3H3;1H. The van der Waals surface area contributed by atoms with Crippen molar-refractivity contribution >= 4 is 60.7 Å². The Kier molecular flexibility index (Phi) is 10.3. The number of hydrogen-bond donors (Lipinski definition) is 0. The molecule has 9 nitrogen and oxygen atoms in total. The molecule has 0 saturated heterocycles. The molecule has 0 unspecified atom stereocenters. The van der Waals surface area contributed by atoms with E-state index in [1.54, 1.807) is 48.2 Å². The van der Waals surface area contributed by atoms with Crippen molar-refractivity contribution in [3.05, 3.63) is 72.3 Å². The van der Waals surface area contributed by atoms with Crippen molar-refractivity contribution in [2.45, 2.75) is 25.7 Å². The fraction of sp³-hybridized carbons (Fsp3) is 0.333.